The maximum absolute atomic E-state index is 5.26. The molecule has 5 nitrogen and oxygen atoms in total. The van der Waals surface area contributed by atoms with Crippen LogP contribution < -0.4 is 9.47 Å². The molecule has 1 aromatic carbocycles. The van der Waals surface area contributed by atoms with Crippen molar-refractivity contribution in [1.82, 2.24) is 10.1 Å². The first kappa shape index (κ1) is 8.28. The molecule has 15 heavy (non-hydrogen) atoms. The Balaban J connectivity index is 2.06. The summed E-state index contributed by atoms with van der Waals surface area (Å²) in [4.78, 5) is 4.13. The van der Waals surface area contributed by atoms with Crippen molar-refractivity contribution in [2.24, 2.45) is 0 Å². The van der Waals surface area contributed by atoms with Gasteiger partial charge in [-0.2, -0.15) is 4.98 Å². The van der Waals surface area contributed by atoms with Gasteiger partial charge in [0.25, 0.3) is 5.89 Å². The molecule has 0 amide bonds. The van der Waals surface area contributed by atoms with Crippen LogP contribution in [0.2, 0.25) is 0 Å². The number of ether oxygens (including phenoxy) is 2. The van der Waals surface area contributed by atoms with Crippen LogP contribution in [0, 0.1) is 6.92 Å². The predicted octanol–water partition coefficient (Wildman–Crippen LogP) is 1.77. The lowest BCUT2D eigenvalue weighted by Gasteiger charge is -1.97. The van der Waals surface area contributed by atoms with Crippen LogP contribution in [-0.2, 0) is 0 Å². The van der Waals surface area contributed by atoms with E-state index in [0.29, 0.717) is 17.5 Å². The SMILES string of the molecule is Cc1noc(-c2ccc3c(c2)OCO3)n1. The summed E-state index contributed by atoms with van der Waals surface area (Å²) >= 11 is 0. The molecule has 2 heterocycles. The van der Waals surface area contributed by atoms with E-state index in [1.165, 1.54) is 0 Å². The van der Waals surface area contributed by atoms with Gasteiger partial charge >= 0.3 is 0 Å². The second-order valence-electron chi connectivity index (χ2n) is 3.21. The molecule has 1 aliphatic heterocycles. The zero-order valence-corrected chi connectivity index (χ0v) is 8.06. The number of aryl methyl sites for hydroxylation is 1. The molecule has 0 fully saturated rings. The van der Waals surface area contributed by atoms with E-state index in [-0.39, 0.29) is 6.79 Å². The Morgan fingerprint density at radius 1 is 1.20 bits per heavy atom. The van der Waals surface area contributed by atoms with Gasteiger partial charge in [-0.25, -0.2) is 0 Å². The molecule has 0 bridgehead atoms. The first-order valence-electron chi connectivity index (χ1n) is 4.53. The first-order chi connectivity index (χ1) is 7.33. The highest BCUT2D eigenvalue weighted by molar-refractivity contribution is 5.60. The minimum absolute atomic E-state index is 0.266. The molecule has 76 valence electrons. The van der Waals surface area contributed by atoms with E-state index < -0.39 is 0 Å². The first-order valence-corrected chi connectivity index (χ1v) is 4.53. The Morgan fingerprint density at radius 3 is 2.87 bits per heavy atom. The van der Waals surface area contributed by atoms with E-state index in [2.05, 4.69) is 10.1 Å². The molecule has 2 aromatic rings. The van der Waals surface area contributed by atoms with Crippen LogP contribution in [0.25, 0.3) is 11.5 Å². The van der Waals surface area contributed by atoms with Crippen molar-refractivity contribution in [3.8, 4) is 23.0 Å². The molecule has 0 aliphatic carbocycles. The monoisotopic (exact) mass is 204 g/mol. The number of nitrogens with zero attached hydrogens (tertiary/aromatic N) is 2. The maximum Gasteiger partial charge on any atom is 0.258 e. The highest BCUT2D eigenvalue weighted by Crippen LogP contribution is 2.35. The number of fused-ring (bicyclic) bond motifs is 1. The van der Waals surface area contributed by atoms with Gasteiger partial charge in [-0.1, -0.05) is 5.16 Å². The summed E-state index contributed by atoms with van der Waals surface area (Å²) in [6.07, 6.45) is 0. The summed E-state index contributed by atoms with van der Waals surface area (Å²) in [6, 6.07) is 5.52. The number of aromatic nitrogens is 2. The lowest BCUT2D eigenvalue weighted by atomic mass is 10.2. The lowest BCUT2D eigenvalue weighted by Crippen LogP contribution is -1.92. The molecular formula is C10H8N2O3. The van der Waals surface area contributed by atoms with E-state index in [9.17, 15) is 0 Å². The Kier molecular flexibility index (Phi) is 1.65. The molecule has 0 atom stereocenters. The van der Waals surface area contributed by atoms with Crippen LogP contribution in [0.15, 0.2) is 22.7 Å². The smallest absolute Gasteiger partial charge is 0.258 e. The van der Waals surface area contributed by atoms with E-state index >= 15 is 0 Å². The van der Waals surface area contributed by atoms with Crippen molar-refractivity contribution in [2.45, 2.75) is 6.92 Å². The predicted molar refractivity (Wildman–Crippen MR) is 50.6 cm³/mol. The molecule has 3 rings (SSSR count). The Hall–Kier alpha value is -2.04. The van der Waals surface area contributed by atoms with Crippen molar-refractivity contribution < 1.29 is 14.0 Å². The molecule has 0 spiro atoms. The average Bonchev–Trinajstić information content (AvgIpc) is 2.84. The average molecular weight is 204 g/mol. The molecule has 1 aromatic heterocycles. The summed E-state index contributed by atoms with van der Waals surface area (Å²) < 4.78 is 15.5. The molecule has 0 unspecified atom stereocenters. The molecule has 0 saturated carbocycles. The van der Waals surface area contributed by atoms with Crippen LogP contribution in [0.5, 0.6) is 11.5 Å². The number of hydrogen-bond donors (Lipinski definition) is 0. The van der Waals surface area contributed by atoms with Gasteiger partial charge in [0.15, 0.2) is 17.3 Å². The van der Waals surface area contributed by atoms with Gasteiger partial charge in [-0.15, -0.1) is 0 Å². The summed E-state index contributed by atoms with van der Waals surface area (Å²) in [5.74, 6) is 2.56. The van der Waals surface area contributed by atoms with Gasteiger partial charge in [0.05, 0.1) is 0 Å². The Labute approximate surface area is 85.6 Å². The minimum Gasteiger partial charge on any atom is -0.454 e. The normalized spacial score (nSPS) is 13.1. The molecular weight excluding hydrogens is 196 g/mol. The highest BCUT2D eigenvalue weighted by Gasteiger charge is 2.15. The van der Waals surface area contributed by atoms with E-state index in [1.54, 1.807) is 6.92 Å². The van der Waals surface area contributed by atoms with Gasteiger partial charge in [0.1, 0.15) is 0 Å². The third-order valence-corrected chi connectivity index (χ3v) is 2.15. The quantitative estimate of drug-likeness (QED) is 0.708. The van der Waals surface area contributed by atoms with Crippen LogP contribution >= 0.6 is 0 Å². The van der Waals surface area contributed by atoms with Crippen molar-refractivity contribution in [2.75, 3.05) is 6.79 Å². The fraction of sp³-hybridized carbons (Fsp3) is 0.200. The van der Waals surface area contributed by atoms with Crippen molar-refractivity contribution in [1.29, 1.82) is 0 Å². The molecule has 1 aliphatic rings. The van der Waals surface area contributed by atoms with Crippen molar-refractivity contribution >= 4 is 0 Å². The van der Waals surface area contributed by atoms with Crippen molar-refractivity contribution in [3.63, 3.8) is 0 Å². The summed E-state index contributed by atoms with van der Waals surface area (Å²) in [7, 11) is 0. The molecule has 0 radical (unpaired) electrons. The topological polar surface area (TPSA) is 57.4 Å². The fourth-order valence-corrected chi connectivity index (χ4v) is 1.44. The second-order valence-corrected chi connectivity index (χ2v) is 3.21. The summed E-state index contributed by atoms with van der Waals surface area (Å²) in [5.41, 5.74) is 0.833. The minimum atomic E-state index is 0.266. The number of benzene rings is 1. The Bertz CT molecular complexity index is 507. The third-order valence-electron chi connectivity index (χ3n) is 2.15. The van der Waals surface area contributed by atoms with Crippen molar-refractivity contribution in [3.05, 3.63) is 24.0 Å². The zero-order chi connectivity index (χ0) is 10.3. The number of rotatable bonds is 1. The van der Waals surface area contributed by atoms with Crippen LogP contribution in [0.3, 0.4) is 0 Å². The third kappa shape index (κ3) is 1.32. The highest BCUT2D eigenvalue weighted by atomic mass is 16.7. The molecule has 0 saturated heterocycles. The fourth-order valence-electron chi connectivity index (χ4n) is 1.44. The summed E-state index contributed by atoms with van der Waals surface area (Å²) in [5, 5.41) is 3.73. The van der Waals surface area contributed by atoms with Gasteiger partial charge in [-0.3, -0.25) is 0 Å². The lowest BCUT2D eigenvalue weighted by molar-refractivity contribution is 0.174. The maximum atomic E-state index is 5.26. The van der Waals surface area contributed by atoms with Crippen LogP contribution in [0.1, 0.15) is 5.82 Å². The van der Waals surface area contributed by atoms with E-state index in [1.807, 2.05) is 18.2 Å². The zero-order valence-electron chi connectivity index (χ0n) is 8.06. The van der Waals surface area contributed by atoms with E-state index in [0.717, 1.165) is 11.3 Å². The van der Waals surface area contributed by atoms with Gasteiger partial charge in [0, 0.05) is 5.56 Å². The largest absolute Gasteiger partial charge is 0.454 e. The molecule has 0 N–H and O–H groups in total. The van der Waals surface area contributed by atoms with Gasteiger partial charge in [-0.05, 0) is 25.1 Å². The van der Waals surface area contributed by atoms with Gasteiger partial charge < -0.3 is 14.0 Å². The second kappa shape index (κ2) is 2.98. The van der Waals surface area contributed by atoms with E-state index in [4.69, 9.17) is 14.0 Å². The van der Waals surface area contributed by atoms with Gasteiger partial charge in [0.2, 0.25) is 6.79 Å². The standard InChI is InChI=1S/C10H8N2O3/c1-6-11-10(15-12-6)7-2-3-8-9(4-7)14-5-13-8/h2-4H,5H2,1H3. The number of hydrogen-bond acceptors (Lipinski definition) is 5. The van der Waals surface area contributed by atoms with Crippen LogP contribution in [-0.4, -0.2) is 16.9 Å². The van der Waals surface area contributed by atoms with Crippen LogP contribution in [0.4, 0.5) is 0 Å². The Morgan fingerprint density at radius 2 is 2.07 bits per heavy atom. The molecule has 5 heteroatoms. The summed E-state index contributed by atoms with van der Waals surface area (Å²) in [6.45, 7) is 2.04.